The molecule has 26 heavy (non-hydrogen) atoms. The highest BCUT2D eigenvalue weighted by Gasteiger charge is 2.47. The summed E-state index contributed by atoms with van der Waals surface area (Å²) in [6.45, 7) is 0. The molecule has 0 radical (unpaired) electrons. The maximum absolute atomic E-state index is 11.9. The van der Waals surface area contributed by atoms with E-state index in [-0.39, 0.29) is 10.4 Å². The molecule has 0 saturated carbocycles. The van der Waals surface area contributed by atoms with Crippen LogP contribution in [0.4, 0.5) is 0 Å². The van der Waals surface area contributed by atoms with Gasteiger partial charge in [-0.25, -0.2) is 4.79 Å². The summed E-state index contributed by atoms with van der Waals surface area (Å²) in [7, 11) is 1.25. The Bertz CT molecular complexity index is 931. The summed E-state index contributed by atoms with van der Waals surface area (Å²) in [5, 5.41) is 18.3. The fourth-order valence-corrected chi connectivity index (χ4v) is 5.35. The Hall–Kier alpha value is -2.59. The van der Waals surface area contributed by atoms with Gasteiger partial charge in [0.25, 0.3) is 0 Å². The second kappa shape index (κ2) is 6.96. The number of benzene rings is 1. The van der Waals surface area contributed by atoms with Crippen LogP contribution in [-0.2, 0) is 14.3 Å². The van der Waals surface area contributed by atoms with Gasteiger partial charge in [0.15, 0.2) is 0 Å². The van der Waals surface area contributed by atoms with Gasteiger partial charge in [0, 0.05) is 10.8 Å². The van der Waals surface area contributed by atoms with Crippen molar-refractivity contribution >= 4 is 41.0 Å². The molecule has 0 saturated heterocycles. The van der Waals surface area contributed by atoms with Gasteiger partial charge in [-0.05, 0) is 17.7 Å². The summed E-state index contributed by atoms with van der Waals surface area (Å²) in [4.78, 5) is 49.5. The van der Waals surface area contributed by atoms with Gasteiger partial charge in [0.1, 0.15) is 5.25 Å². The molecule has 2 heterocycles. The molecule has 1 aromatic heterocycles. The van der Waals surface area contributed by atoms with Gasteiger partial charge in [0.05, 0.1) is 23.6 Å². The first-order valence-corrected chi connectivity index (χ1v) is 9.06. The first kappa shape index (κ1) is 18.2. The zero-order valence-electron chi connectivity index (χ0n) is 13.3. The number of aromatic nitrogens is 1. The third-order valence-electron chi connectivity index (χ3n) is 4.07. The van der Waals surface area contributed by atoms with E-state index >= 15 is 0 Å². The van der Waals surface area contributed by atoms with Gasteiger partial charge in [0.2, 0.25) is 0 Å². The lowest BCUT2D eigenvalue weighted by molar-refractivity contribution is -0.148. The first-order valence-electron chi connectivity index (χ1n) is 7.37. The number of rotatable bonds is 4. The molecule has 0 aliphatic carbocycles. The van der Waals surface area contributed by atoms with Crippen molar-refractivity contribution in [2.75, 3.05) is 7.11 Å². The van der Waals surface area contributed by atoms with Gasteiger partial charge in [-0.2, -0.15) is 0 Å². The Kier molecular flexibility index (Phi) is 4.88. The first-order chi connectivity index (χ1) is 12.3. The van der Waals surface area contributed by atoms with E-state index in [1.165, 1.54) is 19.2 Å². The van der Waals surface area contributed by atoms with E-state index in [1.807, 2.05) is 0 Å². The summed E-state index contributed by atoms with van der Waals surface area (Å²) in [5.74, 6) is -5.16. The van der Waals surface area contributed by atoms with E-state index in [2.05, 4.69) is 9.72 Å². The minimum absolute atomic E-state index is 0.283. The van der Waals surface area contributed by atoms with Crippen molar-refractivity contribution in [2.45, 2.75) is 16.2 Å². The number of carbonyl (C=O) groups is 3. The molecule has 1 aliphatic heterocycles. The molecular formula is C16H13NO7S2. The number of thiazole rings is 1. The molecule has 0 unspecified atom stereocenters. The van der Waals surface area contributed by atoms with Crippen molar-refractivity contribution in [1.82, 2.24) is 4.98 Å². The van der Waals surface area contributed by atoms with Crippen LogP contribution in [0, 0.1) is 5.92 Å². The van der Waals surface area contributed by atoms with Crippen molar-refractivity contribution < 1.29 is 29.3 Å². The highest BCUT2D eigenvalue weighted by atomic mass is 32.2. The van der Waals surface area contributed by atoms with Gasteiger partial charge in [-0.1, -0.05) is 35.2 Å². The van der Waals surface area contributed by atoms with Crippen LogP contribution in [0.15, 0.2) is 34.1 Å². The molecule has 0 spiro atoms. The smallest absolute Gasteiger partial charge is 0.337 e. The average Bonchev–Trinajstić information content (AvgIpc) is 2.99. The summed E-state index contributed by atoms with van der Waals surface area (Å²) < 4.78 is 4.63. The van der Waals surface area contributed by atoms with E-state index < -0.39 is 35.0 Å². The lowest BCUT2D eigenvalue weighted by Gasteiger charge is -2.32. The summed E-state index contributed by atoms with van der Waals surface area (Å²) in [6.07, 6.45) is 0. The molecule has 1 aliphatic rings. The van der Waals surface area contributed by atoms with Crippen molar-refractivity contribution in [3.63, 3.8) is 0 Å². The number of hydrogen-bond donors (Lipinski definition) is 3. The molecule has 3 N–H and O–H groups in total. The fraction of sp³-hybridized carbons (Fsp3) is 0.250. The van der Waals surface area contributed by atoms with Crippen LogP contribution in [0.2, 0.25) is 0 Å². The summed E-state index contributed by atoms with van der Waals surface area (Å²) in [5.41, 5.74) is 0.790. The van der Waals surface area contributed by atoms with Gasteiger partial charge >= 0.3 is 22.8 Å². The number of carboxylic acids is 2. The molecule has 3 atom stereocenters. The topological polar surface area (TPSA) is 134 Å². The molecule has 0 amide bonds. The predicted octanol–water partition coefficient (Wildman–Crippen LogP) is 1.61. The van der Waals surface area contributed by atoms with Crippen LogP contribution in [0.5, 0.6) is 0 Å². The largest absolute Gasteiger partial charge is 0.481 e. The lowest BCUT2D eigenvalue weighted by Crippen LogP contribution is -2.39. The van der Waals surface area contributed by atoms with Crippen LogP contribution < -0.4 is 4.87 Å². The SMILES string of the molecule is COC(=O)c1ccc([C@@H]2c3sc(=O)[nH]c3S[C@@H](C(=O)O)[C@H]2C(=O)O)cc1. The highest BCUT2D eigenvalue weighted by molar-refractivity contribution is 8.00. The molecule has 136 valence electrons. The third-order valence-corrected chi connectivity index (χ3v) is 6.48. The number of esters is 1. The summed E-state index contributed by atoms with van der Waals surface area (Å²) in [6, 6.07) is 6.06. The van der Waals surface area contributed by atoms with Crippen LogP contribution in [-0.4, -0.2) is 45.5 Å². The number of ether oxygens (including phenoxy) is 1. The van der Waals surface area contributed by atoms with Crippen LogP contribution in [0.1, 0.15) is 26.7 Å². The number of carboxylic acid groups (broad SMARTS) is 2. The molecule has 8 nitrogen and oxygen atoms in total. The predicted molar refractivity (Wildman–Crippen MR) is 93.0 cm³/mol. The van der Waals surface area contributed by atoms with E-state index in [9.17, 15) is 29.4 Å². The number of H-pyrrole nitrogens is 1. The molecule has 1 aromatic carbocycles. The number of hydrogen-bond acceptors (Lipinski definition) is 7. The standard InChI is InChI=1S/C16H13NO7S2/c1-24-15(22)7-4-2-6(3-5-7)8-9(13(18)19)11(14(20)21)25-12-10(8)26-16(23)17-12/h2-5,8-9,11H,1H3,(H,17,23)(H,18,19)(H,20,21)/t8-,9-,11+/m0/s1. The molecule has 3 rings (SSSR count). The molecular weight excluding hydrogens is 382 g/mol. The lowest BCUT2D eigenvalue weighted by atomic mass is 9.82. The Labute approximate surface area is 154 Å². The number of aliphatic carboxylic acids is 2. The number of carbonyl (C=O) groups excluding carboxylic acids is 1. The van der Waals surface area contributed by atoms with Gasteiger partial charge in [-0.3, -0.25) is 14.4 Å². The van der Waals surface area contributed by atoms with Gasteiger partial charge < -0.3 is 19.9 Å². The van der Waals surface area contributed by atoms with E-state index in [0.29, 0.717) is 15.5 Å². The number of thioether (sulfide) groups is 1. The quantitative estimate of drug-likeness (QED) is 0.665. The van der Waals surface area contributed by atoms with Crippen LogP contribution in [0.25, 0.3) is 0 Å². The Balaban J connectivity index is 2.14. The maximum Gasteiger partial charge on any atom is 0.337 e. The Morgan fingerprint density at radius 1 is 1.12 bits per heavy atom. The van der Waals surface area contributed by atoms with Crippen molar-refractivity contribution in [1.29, 1.82) is 0 Å². The molecule has 0 fully saturated rings. The van der Waals surface area contributed by atoms with Crippen molar-refractivity contribution in [2.24, 2.45) is 5.92 Å². The van der Waals surface area contributed by atoms with E-state index in [4.69, 9.17) is 0 Å². The van der Waals surface area contributed by atoms with E-state index in [0.717, 1.165) is 23.1 Å². The summed E-state index contributed by atoms with van der Waals surface area (Å²) >= 11 is 1.70. The van der Waals surface area contributed by atoms with E-state index in [1.54, 1.807) is 12.1 Å². The fourth-order valence-electron chi connectivity index (χ4n) is 2.94. The number of methoxy groups -OCH3 is 1. The number of nitrogens with one attached hydrogen (secondary N) is 1. The Morgan fingerprint density at radius 3 is 2.31 bits per heavy atom. The second-order valence-electron chi connectivity index (χ2n) is 5.54. The number of fused-ring (bicyclic) bond motifs is 1. The van der Waals surface area contributed by atoms with Gasteiger partial charge in [-0.15, -0.1) is 0 Å². The maximum atomic E-state index is 11.9. The zero-order chi connectivity index (χ0) is 19.0. The number of aromatic amines is 1. The molecule has 0 bridgehead atoms. The monoisotopic (exact) mass is 395 g/mol. The normalized spacial score (nSPS) is 21.7. The highest BCUT2D eigenvalue weighted by Crippen LogP contribution is 2.49. The van der Waals surface area contributed by atoms with Crippen molar-refractivity contribution in [3.8, 4) is 0 Å². The minimum Gasteiger partial charge on any atom is -0.481 e. The average molecular weight is 395 g/mol. The van der Waals surface area contributed by atoms with Crippen LogP contribution >= 0.6 is 23.1 Å². The van der Waals surface area contributed by atoms with Crippen molar-refractivity contribution in [3.05, 3.63) is 49.9 Å². The zero-order valence-corrected chi connectivity index (χ0v) is 14.9. The minimum atomic E-state index is -1.27. The Morgan fingerprint density at radius 2 is 1.77 bits per heavy atom. The molecule has 2 aromatic rings. The second-order valence-corrected chi connectivity index (χ2v) is 7.71. The third kappa shape index (κ3) is 3.13. The van der Waals surface area contributed by atoms with Crippen LogP contribution in [0.3, 0.4) is 0 Å². The molecule has 10 heteroatoms.